The summed E-state index contributed by atoms with van der Waals surface area (Å²) in [4.78, 5) is 26.4. The van der Waals surface area contributed by atoms with Crippen molar-refractivity contribution in [2.24, 2.45) is 0 Å². The van der Waals surface area contributed by atoms with E-state index in [-0.39, 0.29) is 18.1 Å². The number of halogens is 3. The van der Waals surface area contributed by atoms with Crippen LogP contribution in [0.3, 0.4) is 0 Å². The van der Waals surface area contributed by atoms with Gasteiger partial charge in [0.05, 0.1) is 17.3 Å². The number of likely N-dealkylation sites (N-methyl/N-ethyl adjacent to an activating group) is 1. The number of benzene rings is 3. The fourth-order valence-corrected chi connectivity index (χ4v) is 4.31. The molecule has 0 saturated heterocycles. The molecule has 0 atom stereocenters. The lowest BCUT2D eigenvalue weighted by Gasteiger charge is -2.12. The van der Waals surface area contributed by atoms with Crippen LogP contribution in [0.4, 0.5) is 18.9 Å². The summed E-state index contributed by atoms with van der Waals surface area (Å²) in [6.45, 7) is 2.03. The Kier molecular flexibility index (Phi) is 6.88. The minimum absolute atomic E-state index is 0.0581. The second kappa shape index (κ2) is 10.3. The zero-order chi connectivity index (χ0) is 28.6. The van der Waals surface area contributed by atoms with Crippen LogP contribution in [0.2, 0.25) is 0 Å². The van der Waals surface area contributed by atoms with Crippen LogP contribution >= 0.6 is 0 Å². The second-order valence-electron chi connectivity index (χ2n) is 9.61. The third kappa shape index (κ3) is 5.44. The number of amides is 2. The molecule has 0 fully saturated rings. The van der Waals surface area contributed by atoms with E-state index in [1.54, 1.807) is 49.4 Å². The molecule has 11 heteroatoms. The first-order valence-electron chi connectivity index (χ1n) is 12.3. The zero-order valence-corrected chi connectivity index (χ0v) is 21.9. The number of nitrogens with zero attached hydrogens (tertiary/aromatic N) is 4. The van der Waals surface area contributed by atoms with Crippen LogP contribution in [0.5, 0.6) is 0 Å². The number of carbonyl (C=O) groups excluding carboxylic acids is 2. The Morgan fingerprint density at radius 1 is 1.02 bits per heavy atom. The maximum absolute atomic E-state index is 13.1. The standard InChI is InChI=1S/C29H25F3N6O2/c1-17-7-8-19(28(40)34-22-6-4-5-21(13-22)29(30,31)32)11-24(17)18-9-10-23-25(12-18)35-36-27(23)20-14-33-38(15-20)16-26(39)37(2)3/h4-15H,16H2,1-3H3,(H,34,40)(H,35,36). The van der Waals surface area contributed by atoms with Gasteiger partial charge in [0, 0.05) is 42.5 Å². The smallest absolute Gasteiger partial charge is 0.347 e. The quantitative estimate of drug-likeness (QED) is 0.283. The van der Waals surface area contributed by atoms with Crippen LogP contribution in [-0.2, 0) is 17.5 Å². The van der Waals surface area contributed by atoms with Gasteiger partial charge in [0.25, 0.3) is 5.91 Å². The summed E-state index contributed by atoms with van der Waals surface area (Å²) in [5.74, 6) is -0.595. The molecule has 2 aromatic heterocycles. The Hall–Kier alpha value is -4.93. The number of carbonyl (C=O) groups is 2. The molecule has 3 aromatic carbocycles. The average Bonchev–Trinajstić information content (AvgIpc) is 3.55. The van der Waals surface area contributed by atoms with Crippen LogP contribution in [0, 0.1) is 6.92 Å². The van der Waals surface area contributed by atoms with Gasteiger partial charge in [-0.15, -0.1) is 0 Å². The molecule has 2 N–H and O–H groups in total. The van der Waals surface area contributed by atoms with Gasteiger partial charge >= 0.3 is 6.18 Å². The highest BCUT2D eigenvalue weighted by atomic mass is 19.4. The predicted octanol–water partition coefficient (Wildman–Crippen LogP) is 5.76. The van der Waals surface area contributed by atoms with Gasteiger partial charge in [-0.3, -0.25) is 19.4 Å². The first-order valence-corrected chi connectivity index (χ1v) is 12.3. The molecule has 0 bridgehead atoms. The third-order valence-electron chi connectivity index (χ3n) is 6.52. The highest BCUT2D eigenvalue weighted by Gasteiger charge is 2.30. The SMILES string of the molecule is Cc1ccc(C(=O)Nc2cccc(C(F)(F)F)c2)cc1-c1ccc2c(-c3cnn(CC(=O)N(C)C)c3)n[nH]c2c1. The third-order valence-corrected chi connectivity index (χ3v) is 6.52. The normalized spacial score (nSPS) is 11.6. The number of H-pyrrole nitrogens is 1. The Labute approximate surface area is 227 Å². The van der Waals surface area contributed by atoms with E-state index in [1.807, 2.05) is 25.1 Å². The maximum Gasteiger partial charge on any atom is 0.416 e. The lowest BCUT2D eigenvalue weighted by molar-refractivity contribution is -0.137. The fourth-order valence-electron chi connectivity index (χ4n) is 4.31. The summed E-state index contributed by atoms with van der Waals surface area (Å²) in [6, 6.07) is 15.4. The zero-order valence-electron chi connectivity index (χ0n) is 21.9. The van der Waals surface area contributed by atoms with Gasteiger partial charge in [-0.2, -0.15) is 23.4 Å². The van der Waals surface area contributed by atoms with Crippen LogP contribution in [0.15, 0.2) is 73.1 Å². The molecule has 0 aliphatic heterocycles. The molecule has 40 heavy (non-hydrogen) atoms. The molecule has 0 spiro atoms. The van der Waals surface area contributed by atoms with Crippen molar-refractivity contribution in [3.8, 4) is 22.4 Å². The largest absolute Gasteiger partial charge is 0.416 e. The fraction of sp³-hybridized carbons (Fsp3) is 0.172. The number of rotatable bonds is 6. The van der Waals surface area contributed by atoms with E-state index in [9.17, 15) is 22.8 Å². The van der Waals surface area contributed by atoms with E-state index in [2.05, 4.69) is 20.6 Å². The number of hydrogen-bond donors (Lipinski definition) is 2. The molecule has 0 aliphatic rings. The van der Waals surface area contributed by atoms with Gasteiger partial charge in [-0.05, 0) is 66.1 Å². The molecule has 204 valence electrons. The molecule has 0 radical (unpaired) electrons. The van der Waals surface area contributed by atoms with E-state index in [1.165, 1.54) is 17.0 Å². The van der Waals surface area contributed by atoms with Gasteiger partial charge < -0.3 is 10.2 Å². The number of aromatic nitrogens is 4. The van der Waals surface area contributed by atoms with Crippen LogP contribution in [-0.4, -0.2) is 50.8 Å². The van der Waals surface area contributed by atoms with Crippen molar-refractivity contribution < 1.29 is 22.8 Å². The van der Waals surface area contributed by atoms with E-state index in [0.717, 1.165) is 45.3 Å². The molecule has 8 nitrogen and oxygen atoms in total. The number of aryl methyl sites for hydroxylation is 1. The van der Waals surface area contributed by atoms with Crippen molar-refractivity contribution >= 4 is 28.4 Å². The Bertz CT molecular complexity index is 1740. The van der Waals surface area contributed by atoms with Gasteiger partial charge in [-0.25, -0.2) is 0 Å². The first kappa shape index (κ1) is 26.7. The van der Waals surface area contributed by atoms with Crippen LogP contribution < -0.4 is 5.32 Å². The molecule has 2 heterocycles. The molecule has 5 rings (SSSR count). The molecule has 0 unspecified atom stereocenters. The maximum atomic E-state index is 13.1. The van der Waals surface area contributed by atoms with Crippen molar-refractivity contribution in [3.05, 3.63) is 89.7 Å². The summed E-state index contributed by atoms with van der Waals surface area (Å²) >= 11 is 0. The second-order valence-corrected chi connectivity index (χ2v) is 9.61. The molecular formula is C29H25F3N6O2. The van der Waals surface area contributed by atoms with Crippen molar-refractivity contribution in [1.82, 2.24) is 24.9 Å². The van der Waals surface area contributed by atoms with Crippen molar-refractivity contribution in [2.75, 3.05) is 19.4 Å². The number of nitrogens with one attached hydrogen (secondary N) is 2. The number of fused-ring (bicyclic) bond motifs is 1. The highest BCUT2D eigenvalue weighted by molar-refractivity contribution is 6.05. The average molecular weight is 547 g/mol. The lowest BCUT2D eigenvalue weighted by Crippen LogP contribution is -2.26. The molecule has 0 saturated carbocycles. The lowest BCUT2D eigenvalue weighted by atomic mass is 9.96. The minimum atomic E-state index is -4.51. The van der Waals surface area contributed by atoms with E-state index in [4.69, 9.17) is 0 Å². The van der Waals surface area contributed by atoms with E-state index < -0.39 is 17.6 Å². The first-order chi connectivity index (χ1) is 19.0. The summed E-state index contributed by atoms with van der Waals surface area (Å²) in [5.41, 5.74) is 4.30. The summed E-state index contributed by atoms with van der Waals surface area (Å²) < 4.78 is 40.7. The molecule has 5 aromatic rings. The minimum Gasteiger partial charge on any atom is -0.347 e. The Balaban J connectivity index is 1.40. The van der Waals surface area contributed by atoms with Gasteiger partial charge in [-0.1, -0.05) is 18.2 Å². The molecule has 0 aliphatic carbocycles. The van der Waals surface area contributed by atoms with E-state index >= 15 is 0 Å². The summed E-state index contributed by atoms with van der Waals surface area (Å²) in [5, 5.41) is 15.2. The topological polar surface area (TPSA) is 95.9 Å². The summed E-state index contributed by atoms with van der Waals surface area (Å²) in [6.07, 6.45) is -1.08. The Morgan fingerprint density at radius 2 is 1.82 bits per heavy atom. The highest BCUT2D eigenvalue weighted by Crippen LogP contribution is 2.33. The monoisotopic (exact) mass is 546 g/mol. The van der Waals surface area contributed by atoms with Gasteiger partial charge in [0.2, 0.25) is 5.91 Å². The van der Waals surface area contributed by atoms with Crippen LogP contribution in [0.1, 0.15) is 21.5 Å². The van der Waals surface area contributed by atoms with Gasteiger partial charge in [0.1, 0.15) is 12.2 Å². The van der Waals surface area contributed by atoms with Crippen molar-refractivity contribution in [3.63, 3.8) is 0 Å². The van der Waals surface area contributed by atoms with Crippen molar-refractivity contribution in [1.29, 1.82) is 0 Å². The molecule has 2 amide bonds. The molecular weight excluding hydrogens is 521 g/mol. The van der Waals surface area contributed by atoms with E-state index in [0.29, 0.717) is 11.3 Å². The van der Waals surface area contributed by atoms with Crippen LogP contribution in [0.25, 0.3) is 33.3 Å². The summed E-state index contributed by atoms with van der Waals surface area (Å²) in [7, 11) is 3.37. The predicted molar refractivity (Wildman–Crippen MR) is 146 cm³/mol. The number of anilines is 1. The number of alkyl halides is 3. The van der Waals surface area contributed by atoms with Gasteiger partial charge in [0.15, 0.2) is 0 Å². The number of aromatic amines is 1. The Morgan fingerprint density at radius 3 is 2.58 bits per heavy atom. The number of hydrogen-bond acceptors (Lipinski definition) is 4. The van der Waals surface area contributed by atoms with Crippen molar-refractivity contribution in [2.45, 2.75) is 19.6 Å².